The van der Waals surface area contributed by atoms with Gasteiger partial charge in [-0.3, -0.25) is 4.79 Å². The molecular weight excluding hydrogens is 322 g/mol. The van der Waals surface area contributed by atoms with Crippen molar-refractivity contribution in [2.75, 3.05) is 27.3 Å². The van der Waals surface area contributed by atoms with Gasteiger partial charge in [0.25, 0.3) is 5.91 Å². The Kier molecular flexibility index (Phi) is 4.91. The minimum Gasteiger partial charge on any atom is -0.497 e. The Bertz CT molecular complexity index is 492. The van der Waals surface area contributed by atoms with E-state index < -0.39 is 0 Å². The van der Waals surface area contributed by atoms with E-state index in [-0.39, 0.29) is 5.91 Å². The maximum atomic E-state index is 12.7. The standard InChI is InChI=1S/C15H20BrNO3/c1-10-6-7-17(9-13(10)16)15(18)12-8-11(19-2)4-5-14(12)20-3/h4-5,8,10,13H,6-7,9H2,1-3H3. The van der Waals surface area contributed by atoms with Crippen LogP contribution < -0.4 is 9.47 Å². The van der Waals surface area contributed by atoms with E-state index in [1.807, 2.05) is 4.90 Å². The molecular formula is C15H20BrNO3. The Labute approximate surface area is 128 Å². The van der Waals surface area contributed by atoms with Crippen LogP contribution in [0.4, 0.5) is 0 Å². The van der Waals surface area contributed by atoms with Crippen molar-refractivity contribution < 1.29 is 14.3 Å². The third kappa shape index (κ3) is 3.08. The third-order valence-corrected chi connectivity index (χ3v) is 4.98. The third-order valence-electron chi connectivity index (χ3n) is 3.79. The number of hydrogen-bond acceptors (Lipinski definition) is 3. The lowest BCUT2D eigenvalue weighted by Crippen LogP contribution is -2.43. The van der Waals surface area contributed by atoms with Crippen LogP contribution in [-0.2, 0) is 0 Å². The molecule has 20 heavy (non-hydrogen) atoms. The van der Waals surface area contributed by atoms with Crippen LogP contribution in [0.3, 0.4) is 0 Å². The monoisotopic (exact) mass is 341 g/mol. The van der Waals surface area contributed by atoms with Gasteiger partial charge in [0.2, 0.25) is 0 Å². The van der Waals surface area contributed by atoms with E-state index >= 15 is 0 Å². The van der Waals surface area contributed by atoms with Crippen LogP contribution in [0.25, 0.3) is 0 Å². The van der Waals surface area contributed by atoms with Crippen LogP contribution in [0.2, 0.25) is 0 Å². The van der Waals surface area contributed by atoms with Crippen molar-refractivity contribution in [3.63, 3.8) is 0 Å². The lowest BCUT2D eigenvalue weighted by Gasteiger charge is -2.34. The van der Waals surface area contributed by atoms with Gasteiger partial charge in [0.1, 0.15) is 11.5 Å². The van der Waals surface area contributed by atoms with E-state index in [0.29, 0.717) is 27.8 Å². The summed E-state index contributed by atoms with van der Waals surface area (Å²) in [6.07, 6.45) is 1.01. The molecule has 1 aliphatic rings. The molecule has 1 fully saturated rings. The molecule has 4 nitrogen and oxygen atoms in total. The number of amides is 1. The van der Waals surface area contributed by atoms with E-state index in [4.69, 9.17) is 9.47 Å². The maximum Gasteiger partial charge on any atom is 0.257 e. The largest absolute Gasteiger partial charge is 0.497 e. The molecule has 1 amide bonds. The molecule has 1 aromatic rings. The summed E-state index contributed by atoms with van der Waals surface area (Å²) in [5.74, 6) is 1.83. The Morgan fingerprint density at radius 2 is 2.10 bits per heavy atom. The van der Waals surface area contributed by atoms with Gasteiger partial charge in [-0.15, -0.1) is 0 Å². The van der Waals surface area contributed by atoms with Crippen molar-refractivity contribution in [2.45, 2.75) is 18.2 Å². The van der Waals surface area contributed by atoms with Gasteiger partial charge in [-0.1, -0.05) is 22.9 Å². The second-order valence-corrected chi connectivity index (χ2v) is 6.28. The molecule has 1 aliphatic heterocycles. The summed E-state index contributed by atoms with van der Waals surface area (Å²) in [7, 11) is 3.16. The summed E-state index contributed by atoms with van der Waals surface area (Å²) < 4.78 is 10.5. The number of halogens is 1. The highest BCUT2D eigenvalue weighted by Gasteiger charge is 2.29. The highest BCUT2D eigenvalue weighted by atomic mass is 79.9. The molecule has 2 rings (SSSR count). The lowest BCUT2D eigenvalue weighted by molar-refractivity contribution is 0.0702. The van der Waals surface area contributed by atoms with Gasteiger partial charge in [-0.2, -0.15) is 0 Å². The number of piperidine rings is 1. The minimum absolute atomic E-state index is 0.00269. The van der Waals surface area contributed by atoms with E-state index in [0.717, 1.165) is 19.5 Å². The number of carbonyl (C=O) groups is 1. The van der Waals surface area contributed by atoms with Gasteiger partial charge in [0, 0.05) is 17.9 Å². The fraction of sp³-hybridized carbons (Fsp3) is 0.533. The molecule has 1 saturated heterocycles. The van der Waals surface area contributed by atoms with Gasteiger partial charge in [-0.25, -0.2) is 0 Å². The van der Waals surface area contributed by atoms with Crippen LogP contribution in [0.15, 0.2) is 18.2 Å². The first-order chi connectivity index (χ1) is 9.56. The van der Waals surface area contributed by atoms with Gasteiger partial charge in [0.15, 0.2) is 0 Å². The first-order valence-corrected chi connectivity index (χ1v) is 7.63. The van der Waals surface area contributed by atoms with Crippen LogP contribution in [0.1, 0.15) is 23.7 Å². The topological polar surface area (TPSA) is 38.8 Å². The molecule has 0 radical (unpaired) electrons. The molecule has 2 atom stereocenters. The highest BCUT2D eigenvalue weighted by molar-refractivity contribution is 9.09. The first kappa shape index (κ1) is 15.2. The summed E-state index contributed by atoms with van der Waals surface area (Å²) >= 11 is 3.65. The summed E-state index contributed by atoms with van der Waals surface area (Å²) in [6, 6.07) is 5.30. The van der Waals surface area contributed by atoms with Crippen LogP contribution in [0.5, 0.6) is 11.5 Å². The number of alkyl halides is 1. The predicted molar refractivity (Wildman–Crippen MR) is 81.9 cm³/mol. The number of methoxy groups -OCH3 is 2. The zero-order chi connectivity index (χ0) is 14.7. The van der Waals surface area contributed by atoms with Crippen LogP contribution >= 0.6 is 15.9 Å². The normalized spacial score (nSPS) is 22.5. The number of benzene rings is 1. The molecule has 0 aromatic heterocycles. The zero-order valence-electron chi connectivity index (χ0n) is 12.1. The summed E-state index contributed by atoms with van der Waals surface area (Å²) in [4.78, 5) is 14.9. The molecule has 0 bridgehead atoms. The predicted octanol–water partition coefficient (Wildman–Crippen LogP) is 2.95. The van der Waals surface area contributed by atoms with Gasteiger partial charge >= 0.3 is 0 Å². The van der Waals surface area contributed by atoms with Crippen molar-refractivity contribution >= 4 is 21.8 Å². The Balaban J connectivity index is 2.24. The molecule has 2 unspecified atom stereocenters. The fourth-order valence-electron chi connectivity index (χ4n) is 2.36. The Morgan fingerprint density at radius 1 is 1.35 bits per heavy atom. The number of carbonyl (C=O) groups excluding carboxylic acids is 1. The summed E-state index contributed by atoms with van der Waals surface area (Å²) in [6.45, 7) is 3.70. The van der Waals surface area contributed by atoms with Crippen molar-refractivity contribution in [1.82, 2.24) is 4.90 Å². The van der Waals surface area contributed by atoms with Gasteiger partial charge < -0.3 is 14.4 Å². The van der Waals surface area contributed by atoms with E-state index in [9.17, 15) is 4.79 Å². The fourth-order valence-corrected chi connectivity index (χ4v) is 2.97. The number of ether oxygens (including phenoxy) is 2. The summed E-state index contributed by atoms with van der Waals surface area (Å²) in [5, 5.41) is 0. The second kappa shape index (κ2) is 6.48. The highest BCUT2D eigenvalue weighted by Crippen LogP contribution is 2.29. The quantitative estimate of drug-likeness (QED) is 0.793. The van der Waals surface area contributed by atoms with E-state index in [1.54, 1.807) is 32.4 Å². The van der Waals surface area contributed by atoms with Gasteiger partial charge in [-0.05, 0) is 30.5 Å². The second-order valence-electron chi connectivity index (χ2n) is 5.10. The van der Waals surface area contributed by atoms with Crippen LogP contribution in [-0.4, -0.2) is 42.9 Å². The molecule has 0 aliphatic carbocycles. The molecule has 0 spiro atoms. The van der Waals surface area contributed by atoms with Crippen molar-refractivity contribution in [3.8, 4) is 11.5 Å². The van der Waals surface area contributed by atoms with E-state index in [1.165, 1.54) is 0 Å². The Morgan fingerprint density at radius 3 is 2.70 bits per heavy atom. The SMILES string of the molecule is COc1ccc(OC)c(C(=O)N2CCC(C)C(Br)C2)c1. The molecule has 0 saturated carbocycles. The van der Waals surface area contributed by atoms with Gasteiger partial charge in [0.05, 0.1) is 19.8 Å². The minimum atomic E-state index is -0.00269. The van der Waals surface area contributed by atoms with Crippen molar-refractivity contribution in [2.24, 2.45) is 5.92 Å². The lowest BCUT2D eigenvalue weighted by atomic mass is 9.98. The Hall–Kier alpha value is -1.23. The number of likely N-dealkylation sites (tertiary alicyclic amines) is 1. The number of rotatable bonds is 3. The molecule has 1 heterocycles. The number of hydrogen-bond donors (Lipinski definition) is 0. The van der Waals surface area contributed by atoms with E-state index in [2.05, 4.69) is 22.9 Å². The average Bonchev–Trinajstić information content (AvgIpc) is 2.48. The van der Waals surface area contributed by atoms with Crippen molar-refractivity contribution in [3.05, 3.63) is 23.8 Å². The maximum absolute atomic E-state index is 12.7. The molecule has 5 heteroatoms. The van der Waals surface area contributed by atoms with Crippen LogP contribution in [0, 0.1) is 5.92 Å². The average molecular weight is 342 g/mol. The first-order valence-electron chi connectivity index (χ1n) is 6.72. The zero-order valence-corrected chi connectivity index (χ0v) is 13.6. The number of nitrogens with zero attached hydrogens (tertiary/aromatic N) is 1. The summed E-state index contributed by atoms with van der Waals surface area (Å²) in [5.41, 5.74) is 0.557. The molecule has 0 N–H and O–H groups in total. The molecule has 1 aromatic carbocycles. The smallest absolute Gasteiger partial charge is 0.257 e. The molecule has 110 valence electrons. The van der Waals surface area contributed by atoms with Crippen molar-refractivity contribution in [1.29, 1.82) is 0 Å².